The van der Waals surface area contributed by atoms with Gasteiger partial charge < -0.3 is 15.0 Å². The Hall–Kier alpha value is -1.83. The van der Waals surface area contributed by atoms with Gasteiger partial charge in [-0.25, -0.2) is 0 Å². The first-order valence-electron chi connectivity index (χ1n) is 8.61. The van der Waals surface area contributed by atoms with Gasteiger partial charge in [0.25, 0.3) is 0 Å². The fourth-order valence-electron chi connectivity index (χ4n) is 3.84. The number of nitrogens with one attached hydrogen (secondary N) is 2. The maximum atomic E-state index is 11.8. The molecule has 140 valence electrons. The number of rotatable bonds is 3. The predicted octanol–water partition coefficient (Wildman–Crippen LogP) is 4.45. The first-order valence-corrected chi connectivity index (χ1v) is 10.2. The van der Waals surface area contributed by atoms with Crippen molar-refractivity contribution in [3.8, 4) is 0 Å². The van der Waals surface area contributed by atoms with Gasteiger partial charge in [0.15, 0.2) is 0 Å². The smallest absolute Gasteiger partial charge is 0.321 e. The van der Waals surface area contributed by atoms with E-state index in [0.717, 1.165) is 42.4 Å². The molecule has 1 aliphatic rings. The van der Waals surface area contributed by atoms with Crippen molar-refractivity contribution in [1.29, 1.82) is 0 Å². The first-order chi connectivity index (χ1) is 12.9. The highest BCUT2D eigenvalue weighted by molar-refractivity contribution is 9.11. The molecule has 0 radical (unpaired) electrons. The normalized spacial score (nSPS) is 19.1. The van der Waals surface area contributed by atoms with E-state index in [1.54, 1.807) is 0 Å². The maximum Gasteiger partial charge on any atom is 0.321 e. The van der Waals surface area contributed by atoms with Gasteiger partial charge in [-0.3, -0.25) is 10.1 Å². The summed E-state index contributed by atoms with van der Waals surface area (Å²) in [5.74, 6) is -0.834. The van der Waals surface area contributed by atoms with Gasteiger partial charge in [0.1, 0.15) is 6.04 Å². The molecule has 0 saturated heterocycles. The topological polar surface area (TPSA) is 68.4 Å². The van der Waals surface area contributed by atoms with Gasteiger partial charge >= 0.3 is 5.97 Å². The van der Waals surface area contributed by atoms with Crippen molar-refractivity contribution in [1.82, 2.24) is 10.3 Å². The second-order valence-corrected chi connectivity index (χ2v) is 8.69. The summed E-state index contributed by atoms with van der Waals surface area (Å²) in [6.07, 6.45) is 0.462. The molecule has 0 spiro atoms. The highest BCUT2D eigenvalue weighted by Crippen LogP contribution is 2.40. The fraction of sp³-hybridized carbons (Fsp3) is 0.250. The predicted molar refractivity (Wildman–Crippen MR) is 115 cm³/mol. The van der Waals surface area contributed by atoms with Crippen LogP contribution in [0.2, 0.25) is 0 Å². The number of aromatic nitrogens is 1. The number of carboxylic acids is 1. The van der Waals surface area contributed by atoms with Crippen LogP contribution < -0.4 is 10.2 Å². The van der Waals surface area contributed by atoms with Crippen LogP contribution in [0.5, 0.6) is 0 Å². The molecule has 2 aromatic carbocycles. The Morgan fingerprint density at radius 3 is 2.48 bits per heavy atom. The molecule has 2 atom stereocenters. The number of nitrogens with zero attached hydrogens (tertiary/aromatic N) is 1. The Balaban J connectivity index is 1.89. The molecule has 1 aliphatic heterocycles. The molecule has 0 bridgehead atoms. The van der Waals surface area contributed by atoms with E-state index in [4.69, 9.17) is 0 Å². The molecule has 4 rings (SSSR count). The Kier molecular flexibility index (Phi) is 4.78. The van der Waals surface area contributed by atoms with Gasteiger partial charge in [-0.1, -0.05) is 18.2 Å². The number of hydrogen-bond donors (Lipinski definition) is 3. The van der Waals surface area contributed by atoms with Crippen LogP contribution in [0, 0.1) is 0 Å². The zero-order valence-electron chi connectivity index (χ0n) is 14.9. The van der Waals surface area contributed by atoms with Crippen molar-refractivity contribution in [2.24, 2.45) is 0 Å². The van der Waals surface area contributed by atoms with E-state index >= 15 is 0 Å². The number of halogens is 2. The number of H-pyrrole nitrogens is 1. The van der Waals surface area contributed by atoms with Crippen molar-refractivity contribution in [2.75, 3.05) is 19.0 Å². The number of anilines is 1. The van der Waals surface area contributed by atoms with E-state index in [1.165, 1.54) is 0 Å². The zero-order chi connectivity index (χ0) is 19.3. The minimum atomic E-state index is -0.834. The summed E-state index contributed by atoms with van der Waals surface area (Å²) < 4.78 is 1.91. The highest BCUT2D eigenvalue weighted by atomic mass is 79.9. The minimum Gasteiger partial charge on any atom is -0.480 e. The Bertz CT molecular complexity index is 1020. The summed E-state index contributed by atoms with van der Waals surface area (Å²) in [5, 5.41) is 14.1. The van der Waals surface area contributed by atoms with E-state index in [9.17, 15) is 9.90 Å². The fourth-order valence-corrected chi connectivity index (χ4v) is 5.77. The third-order valence-corrected chi connectivity index (χ3v) is 6.24. The molecule has 0 aliphatic carbocycles. The number of aromatic amines is 1. The van der Waals surface area contributed by atoms with E-state index in [1.807, 2.05) is 43.3 Å². The van der Waals surface area contributed by atoms with Gasteiger partial charge in [0.2, 0.25) is 0 Å². The molecule has 5 nitrogen and oxygen atoms in total. The maximum absolute atomic E-state index is 11.8. The molecule has 27 heavy (non-hydrogen) atoms. The van der Waals surface area contributed by atoms with Crippen LogP contribution in [0.15, 0.2) is 45.3 Å². The van der Waals surface area contributed by atoms with E-state index < -0.39 is 12.0 Å². The molecular weight excluding hydrogens is 474 g/mol. The lowest BCUT2D eigenvalue weighted by molar-refractivity contribution is -0.139. The first kappa shape index (κ1) is 18.5. The van der Waals surface area contributed by atoms with Crippen LogP contribution in [-0.4, -0.2) is 36.2 Å². The molecule has 7 heteroatoms. The molecule has 2 unspecified atom stereocenters. The van der Waals surface area contributed by atoms with Crippen molar-refractivity contribution >= 4 is 54.4 Å². The average Bonchev–Trinajstić information content (AvgIpc) is 2.98. The molecule has 3 N–H and O–H groups in total. The van der Waals surface area contributed by atoms with Crippen LogP contribution in [0.3, 0.4) is 0 Å². The lowest BCUT2D eigenvalue weighted by atomic mass is 9.90. The number of carboxylic acid groups (broad SMARTS) is 1. The molecule has 3 aromatic rings. The van der Waals surface area contributed by atoms with Crippen molar-refractivity contribution in [3.63, 3.8) is 0 Å². The van der Waals surface area contributed by atoms with Crippen molar-refractivity contribution in [2.45, 2.75) is 18.5 Å². The number of aliphatic carboxylic acids is 1. The second-order valence-electron chi connectivity index (χ2n) is 6.99. The number of para-hydroxylation sites is 1. The molecule has 1 aromatic heterocycles. The standard InChI is InChI=1S/C20H19Br2N3O2/c1-25(2)19-13(21)7-10(8-14(19)22)17-18-12(9-16(24-17)20(26)27)11-5-3-4-6-15(11)23-18/h3-8,16-17,23-24H,9H2,1-2H3,(H,26,27). The van der Waals surface area contributed by atoms with Crippen LogP contribution in [-0.2, 0) is 11.2 Å². The summed E-state index contributed by atoms with van der Waals surface area (Å²) in [5.41, 5.74) is 5.18. The van der Waals surface area contributed by atoms with Crippen LogP contribution >= 0.6 is 31.9 Å². The zero-order valence-corrected chi connectivity index (χ0v) is 18.1. The lowest BCUT2D eigenvalue weighted by Crippen LogP contribution is -2.45. The molecule has 0 saturated carbocycles. The molecule has 2 heterocycles. The van der Waals surface area contributed by atoms with Gasteiger partial charge in [0, 0.05) is 46.1 Å². The Morgan fingerprint density at radius 2 is 1.85 bits per heavy atom. The Labute approximate surface area is 174 Å². The van der Waals surface area contributed by atoms with E-state index in [-0.39, 0.29) is 6.04 Å². The minimum absolute atomic E-state index is 0.230. The van der Waals surface area contributed by atoms with Gasteiger partial charge in [-0.05, 0) is 61.2 Å². The second kappa shape index (κ2) is 6.96. The molecular formula is C20H19Br2N3O2. The monoisotopic (exact) mass is 491 g/mol. The van der Waals surface area contributed by atoms with Crippen LogP contribution in [0.1, 0.15) is 22.9 Å². The van der Waals surface area contributed by atoms with Gasteiger partial charge in [0.05, 0.1) is 11.7 Å². The van der Waals surface area contributed by atoms with Crippen LogP contribution in [0.4, 0.5) is 5.69 Å². The van der Waals surface area contributed by atoms with E-state index in [0.29, 0.717) is 6.42 Å². The van der Waals surface area contributed by atoms with E-state index in [2.05, 4.69) is 54.3 Å². The third-order valence-electron chi connectivity index (χ3n) is 5.03. The van der Waals surface area contributed by atoms with Crippen molar-refractivity contribution < 1.29 is 9.90 Å². The third kappa shape index (κ3) is 3.17. The average molecular weight is 493 g/mol. The SMILES string of the molecule is CN(C)c1c(Br)cc(C2NC(C(=O)O)Cc3c2[nH]c2ccccc32)cc1Br. The number of carbonyl (C=O) groups is 1. The largest absolute Gasteiger partial charge is 0.480 e. The summed E-state index contributed by atoms with van der Waals surface area (Å²) in [4.78, 5) is 17.3. The van der Waals surface area contributed by atoms with Gasteiger partial charge in [-0.15, -0.1) is 0 Å². The van der Waals surface area contributed by atoms with Gasteiger partial charge in [-0.2, -0.15) is 0 Å². The number of benzene rings is 2. The summed E-state index contributed by atoms with van der Waals surface area (Å²) >= 11 is 7.32. The number of hydrogen-bond acceptors (Lipinski definition) is 3. The summed E-state index contributed by atoms with van der Waals surface area (Å²) in [6, 6.07) is 11.3. The van der Waals surface area contributed by atoms with Crippen molar-refractivity contribution in [3.05, 3.63) is 62.2 Å². The molecule has 0 fully saturated rings. The highest BCUT2D eigenvalue weighted by Gasteiger charge is 2.34. The van der Waals surface area contributed by atoms with Crippen LogP contribution in [0.25, 0.3) is 10.9 Å². The summed E-state index contributed by atoms with van der Waals surface area (Å²) in [6.45, 7) is 0. The lowest BCUT2D eigenvalue weighted by Gasteiger charge is -2.30. The Morgan fingerprint density at radius 1 is 1.19 bits per heavy atom. The summed E-state index contributed by atoms with van der Waals surface area (Å²) in [7, 11) is 3.97. The number of fused-ring (bicyclic) bond motifs is 3. The molecule has 0 amide bonds. The quantitative estimate of drug-likeness (QED) is 0.505.